The molecule has 0 aliphatic rings. The molecule has 1 heterocycles. The number of alkyl halides is 3. The van der Waals surface area contributed by atoms with E-state index < -0.39 is 56.2 Å². The van der Waals surface area contributed by atoms with Crippen LogP contribution < -0.4 is 24.8 Å². The smallest absolute Gasteiger partial charge is 0.416 e. The lowest BCUT2D eigenvalue weighted by Gasteiger charge is -2.24. The third-order valence-electron chi connectivity index (χ3n) is 7.80. The highest BCUT2D eigenvalue weighted by Gasteiger charge is 2.32. The van der Waals surface area contributed by atoms with E-state index in [1.807, 2.05) is 22.9 Å². The monoisotopic (exact) mass is 803 g/mol. The number of rotatable bonds is 12. The van der Waals surface area contributed by atoms with Crippen molar-refractivity contribution >= 4 is 39.7 Å². The average molecular weight is 804 g/mol. The van der Waals surface area contributed by atoms with Gasteiger partial charge in [-0.1, -0.05) is 67.3 Å². The van der Waals surface area contributed by atoms with E-state index >= 15 is 0 Å². The van der Waals surface area contributed by atoms with Crippen molar-refractivity contribution in [3.8, 4) is 28.9 Å². The van der Waals surface area contributed by atoms with Gasteiger partial charge >= 0.3 is 12.3 Å². The number of nitrogens with zero attached hydrogens (tertiary/aromatic N) is 2. The fraction of sp³-hybridized carbons (Fsp3) is 0.175. The second kappa shape index (κ2) is 16.9. The molecule has 5 aromatic rings. The Bertz CT molecular complexity index is 2400. The summed E-state index contributed by atoms with van der Waals surface area (Å²) in [7, 11) is -3.23. The van der Waals surface area contributed by atoms with Crippen LogP contribution in [0.2, 0.25) is 0 Å². The number of hydrogen-bond donors (Lipinski definition) is 3. The van der Waals surface area contributed by atoms with E-state index in [1.54, 1.807) is 39.0 Å². The summed E-state index contributed by atoms with van der Waals surface area (Å²) in [5.41, 5.74) is -1.20. The third kappa shape index (κ3) is 10.7. The molecule has 1 unspecified atom stereocenters. The van der Waals surface area contributed by atoms with Gasteiger partial charge in [0.2, 0.25) is 11.8 Å². The van der Waals surface area contributed by atoms with Crippen LogP contribution in [0.1, 0.15) is 53.9 Å². The molecular formula is C40H36F3N5O8S. The quantitative estimate of drug-likeness (QED) is 0.112. The van der Waals surface area contributed by atoms with Crippen molar-refractivity contribution in [2.45, 2.75) is 43.5 Å². The van der Waals surface area contributed by atoms with Crippen LogP contribution in [0.3, 0.4) is 0 Å². The molecule has 3 N–H and O–H groups in total. The molecule has 0 fully saturated rings. The number of halogens is 3. The summed E-state index contributed by atoms with van der Waals surface area (Å²) < 4.78 is 83.9. The van der Waals surface area contributed by atoms with Crippen molar-refractivity contribution in [1.82, 2.24) is 20.0 Å². The van der Waals surface area contributed by atoms with Gasteiger partial charge < -0.3 is 24.8 Å². The second-order valence-corrected chi connectivity index (χ2v) is 14.8. The van der Waals surface area contributed by atoms with Gasteiger partial charge in [-0.3, -0.25) is 9.59 Å². The van der Waals surface area contributed by atoms with Crippen molar-refractivity contribution in [3.63, 3.8) is 0 Å². The number of para-hydroxylation sites is 1. The lowest BCUT2D eigenvalue weighted by molar-refractivity contribution is -0.137. The lowest BCUT2D eigenvalue weighted by atomic mass is 10.0. The number of aromatic nitrogens is 2. The first-order valence-corrected chi connectivity index (χ1v) is 18.4. The largest absolute Gasteiger partial charge is 0.481 e. The van der Waals surface area contributed by atoms with Crippen LogP contribution in [-0.4, -0.2) is 49.0 Å². The van der Waals surface area contributed by atoms with Gasteiger partial charge in [-0.25, -0.2) is 17.9 Å². The summed E-state index contributed by atoms with van der Waals surface area (Å²) in [6.45, 7) is 8.71. The molecule has 57 heavy (non-hydrogen) atoms. The fourth-order valence-electron chi connectivity index (χ4n) is 5.16. The zero-order valence-electron chi connectivity index (χ0n) is 30.9. The van der Waals surface area contributed by atoms with Crippen molar-refractivity contribution in [3.05, 3.63) is 132 Å². The zero-order valence-corrected chi connectivity index (χ0v) is 31.7. The van der Waals surface area contributed by atoms with E-state index in [1.165, 1.54) is 55.7 Å². The highest BCUT2D eigenvalue weighted by atomic mass is 32.2. The van der Waals surface area contributed by atoms with E-state index in [0.717, 1.165) is 0 Å². The number of benzene rings is 4. The Morgan fingerprint density at radius 3 is 2.12 bits per heavy atom. The molecule has 0 spiro atoms. The summed E-state index contributed by atoms with van der Waals surface area (Å²) in [6, 6.07) is 21.5. The van der Waals surface area contributed by atoms with E-state index in [0.29, 0.717) is 41.2 Å². The molecule has 0 saturated carbocycles. The lowest BCUT2D eigenvalue weighted by Crippen LogP contribution is -2.40. The predicted octanol–water partition coefficient (Wildman–Crippen LogP) is 7.93. The Balaban J connectivity index is 1.47. The van der Waals surface area contributed by atoms with Crippen LogP contribution in [0.4, 0.5) is 23.7 Å². The Morgan fingerprint density at radius 1 is 0.842 bits per heavy atom. The molecule has 0 radical (unpaired) electrons. The van der Waals surface area contributed by atoms with Gasteiger partial charge in [0.05, 0.1) is 34.9 Å². The second-order valence-electron chi connectivity index (χ2n) is 13.1. The molecule has 0 aliphatic heterocycles. The number of anilines is 1. The van der Waals surface area contributed by atoms with Crippen molar-refractivity contribution < 1.29 is 50.2 Å². The number of methoxy groups -OCH3 is 1. The Hall–Kier alpha value is -6.75. The van der Waals surface area contributed by atoms with Gasteiger partial charge in [-0.05, 0) is 68.8 Å². The summed E-state index contributed by atoms with van der Waals surface area (Å²) in [6.07, 6.45) is -4.18. The summed E-state index contributed by atoms with van der Waals surface area (Å²) in [5, 5.41) is 5.09. The van der Waals surface area contributed by atoms with E-state index in [4.69, 9.17) is 14.2 Å². The van der Waals surface area contributed by atoms with E-state index in [-0.39, 0.29) is 34.3 Å². The third-order valence-corrected chi connectivity index (χ3v) is 9.14. The maximum atomic E-state index is 14.1. The van der Waals surface area contributed by atoms with Gasteiger partial charge in [0.15, 0.2) is 5.82 Å². The molecule has 1 aromatic heterocycles. The molecule has 0 saturated heterocycles. The number of ether oxygens (including phenoxy) is 3. The molecular weight excluding hydrogens is 768 g/mol. The van der Waals surface area contributed by atoms with Crippen molar-refractivity contribution in [1.29, 1.82) is 0 Å². The first kappa shape index (κ1) is 41.4. The van der Waals surface area contributed by atoms with Gasteiger partial charge in [0, 0.05) is 11.1 Å². The number of nitrogens with one attached hydrogen (secondary N) is 3. The van der Waals surface area contributed by atoms with Crippen LogP contribution in [0.25, 0.3) is 17.5 Å². The molecule has 0 aliphatic carbocycles. The standard InChI is InChI=1S/C40H36F3N5O8S/c1-6-24-16-17-26(22-31(24)55-33-23-32(54-5)45-35(46-33)25-12-8-7-9-13-25)34(47-38(51)56-39(2,3)4)37(50)44-30-15-11-10-14-29(30)36(49)48-57(52,53)28-20-18-27(19-21-28)40(41,42)43/h6-23,34H,1H2,2-5H3,(H,44,50)(H,47,51)(H,48,49). The molecule has 5 rings (SSSR count). The number of amides is 3. The molecule has 17 heteroatoms. The van der Waals surface area contributed by atoms with Crippen LogP contribution in [0, 0.1) is 0 Å². The minimum Gasteiger partial charge on any atom is -0.481 e. The summed E-state index contributed by atoms with van der Waals surface area (Å²) >= 11 is 0. The maximum Gasteiger partial charge on any atom is 0.416 e. The van der Waals surface area contributed by atoms with Gasteiger partial charge in [-0.15, -0.1) is 0 Å². The number of carbonyl (C=O) groups excluding carboxylic acids is 3. The fourth-order valence-corrected chi connectivity index (χ4v) is 6.12. The van der Waals surface area contributed by atoms with E-state index in [9.17, 15) is 36.0 Å². The summed E-state index contributed by atoms with van der Waals surface area (Å²) in [4.78, 5) is 48.8. The minimum absolute atomic E-state index is 0.0771. The van der Waals surface area contributed by atoms with Crippen LogP contribution in [-0.2, 0) is 25.7 Å². The summed E-state index contributed by atoms with van der Waals surface area (Å²) in [5.74, 6) is -1.34. The van der Waals surface area contributed by atoms with Gasteiger partial charge in [-0.2, -0.15) is 23.1 Å². The number of hydrogen-bond acceptors (Lipinski definition) is 10. The topological polar surface area (TPSA) is 175 Å². The number of carbonyl (C=O) groups is 3. The maximum absolute atomic E-state index is 14.1. The normalized spacial score (nSPS) is 12.1. The van der Waals surface area contributed by atoms with Crippen molar-refractivity contribution in [2.24, 2.45) is 0 Å². The van der Waals surface area contributed by atoms with Crippen LogP contribution in [0.5, 0.6) is 17.5 Å². The highest BCUT2D eigenvalue weighted by Crippen LogP contribution is 2.33. The molecule has 3 amide bonds. The van der Waals surface area contributed by atoms with Crippen LogP contribution >= 0.6 is 0 Å². The minimum atomic E-state index is -4.71. The first-order chi connectivity index (χ1) is 26.9. The SMILES string of the molecule is C=Cc1ccc(C(NC(=O)OC(C)(C)C)C(=O)Nc2ccccc2C(=O)NS(=O)(=O)c2ccc(C(F)(F)F)cc2)cc1Oc1cc(OC)nc(-c2ccccc2)n1. The molecule has 13 nitrogen and oxygen atoms in total. The Kier molecular flexibility index (Phi) is 12.3. The van der Waals surface area contributed by atoms with Gasteiger partial charge in [0.1, 0.15) is 17.4 Å². The Labute approximate surface area is 326 Å². The Morgan fingerprint density at radius 2 is 1.49 bits per heavy atom. The van der Waals surface area contributed by atoms with Crippen molar-refractivity contribution in [2.75, 3.05) is 12.4 Å². The number of sulfonamides is 1. The molecule has 1 atom stereocenters. The molecule has 0 bridgehead atoms. The molecule has 4 aromatic carbocycles. The molecule has 296 valence electrons. The average Bonchev–Trinajstić information content (AvgIpc) is 3.16. The first-order valence-electron chi connectivity index (χ1n) is 16.9. The highest BCUT2D eigenvalue weighted by molar-refractivity contribution is 7.90. The number of alkyl carbamates (subject to hydrolysis) is 1. The van der Waals surface area contributed by atoms with Crippen LogP contribution in [0.15, 0.2) is 115 Å². The van der Waals surface area contributed by atoms with E-state index in [2.05, 4.69) is 27.2 Å². The predicted molar refractivity (Wildman–Crippen MR) is 204 cm³/mol. The van der Waals surface area contributed by atoms with Gasteiger partial charge in [0.25, 0.3) is 21.8 Å². The zero-order chi connectivity index (χ0) is 41.5.